The van der Waals surface area contributed by atoms with E-state index in [4.69, 9.17) is 4.74 Å². The van der Waals surface area contributed by atoms with Crippen LogP contribution in [0.1, 0.15) is 50.1 Å². The molecule has 1 N–H and O–H groups in total. The molecule has 0 bridgehead atoms. The van der Waals surface area contributed by atoms with Gasteiger partial charge >= 0.3 is 5.97 Å². The number of anilines is 1. The summed E-state index contributed by atoms with van der Waals surface area (Å²) in [5.41, 5.74) is 4.32. The van der Waals surface area contributed by atoms with E-state index in [1.165, 1.54) is 35.6 Å². The Labute approximate surface area is 190 Å². The summed E-state index contributed by atoms with van der Waals surface area (Å²) in [4.78, 5) is 37.0. The molecule has 32 heavy (non-hydrogen) atoms. The number of rotatable bonds is 7. The molecule has 0 aliphatic heterocycles. The number of nitro benzene ring substituents is 1. The van der Waals surface area contributed by atoms with Gasteiger partial charge in [0, 0.05) is 28.1 Å². The van der Waals surface area contributed by atoms with E-state index in [1.54, 1.807) is 0 Å². The minimum absolute atomic E-state index is 0.102. The second-order valence-corrected chi connectivity index (χ2v) is 8.66. The number of nitrogens with one attached hydrogen (secondary N) is 1. The van der Waals surface area contributed by atoms with Crippen molar-refractivity contribution >= 4 is 33.9 Å². The topological polar surface area (TPSA) is 98.5 Å². The molecule has 0 saturated carbocycles. The molecule has 1 aromatic heterocycles. The van der Waals surface area contributed by atoms with Crippen LogP contribution in [0.3, 0.4) is 0 Å². The van der Waals surface area contributed by atoms with E-state index >= 15 is 0 Å². The van der Waals surface area contributed by atoms with Crippen LogP contribution in [-0.4, -0.2) is 23.4 Å². The van der Waals surface area contributed by atoms with Crippen molar-refractivity contribution in [1.82, 2.24) is 0 Å². The van der Waals surface area contributed by atoms with Crippen molar-refractivity contribution in [2.45, 2.75) is 34.1 Å². The Kier molecular flexibility index (Phi) is 7.05. The number of benzene rings is 2. The average Bonchev–Trinajstić information content (AvgIpc) is 3.09. The second kappa shape index (κ2) is 9.74. The van der Waals surface area contributed by atoms with Gasteiger partial charge < -0.3 is 10.1 Å². The molecule has 1 amide bonds. The van der Waals surface area contributed by atoms with Gasteiger partial charge in [-0.25, -0.2) is 4.79 Å². The number of nitrogens with zero attached hydrogens (tertiary/aromatic N) is 1. The molecule has 0 spiro atoms. The molecule has 0 fully saturated rings. The first-order valence-electron chi connectivity index (χ1n) is 10.2. The third kappa shape index (κ3) is 4.86. The predicted octanol–water partition coefficient (Wildman–Crippen LogP) is 6.07. The minimum Gasteiger partial charge on any atom is -0.462 e. The van der Waals surface area contributed by atoms with Gasteiger partial charge in [0.2, 0.25) is 0 Å². The molecule has 0 aliphatic rings. The zero-order valence-corrected chi connectivity index (χ0v) is 19.2. The first kappa shape index (κ1) is 23.1. The van der Waals surface area contributed by atoms with Crippen LogP contribution in [0, 0.1) is 30.9 Å². The van der Waals surface area contributed by atoms with Gasteiger partial charge in [0.1, 0.15) is 10.6 Å². The van der Waals surface area contributed by atoms with Gasteiger partial charge in [0.25, 0.3) is 11.6 Å². The zero-order chi connectivity index (χ0) is 23.4. The first-order valence-corrected chi connectivity index (χ1v) is 11.0. The van der Waals surface area contributed by atoms with Crippen LogP contribution in [-0.2, 0) is 4.74 Å². The number of ether oxygens (including phenoxy) is 1. The van der Waals surface area contributed by atoms with Crippen molar-refractivity contribution < 1.29 is 19.2 Å². The fourth-order valence-electron chi connectivity index (χ4n) is 3.25. The van der Waals surface area contributed by atoms with E-state index in [0.717, 1.165) is 27.1 Å². The Morgan fingerprint density at radius 3 is 2.34 bits per heavy atom. The Hall–Kier alpha value is -3.52. The summed E-state index contributed by atoms with van der Waals surface area (Å²) in [7, 11) is 0. The molecule has 3 rings (SSSR count). The third-order valence-electron chi connectivity index (χ3n) is 5.09. The van der Waals surface area contributed by atoms with E-state index in [0.29, 0.717) is 17.0 Å². The fourth-order valence-corrected chi connectivity index (χ4v) is 4.31. The van der Waals surface area contributed by atoms with Crippen LogP contribution in [0.5, 0.6) is 0 Å². The van der Waals surface area contributed by atoms with Crippen molar-refractivity contribution in [3.63, 3.8) is 0 Å². The highest BCUT2D eigenvalue weighted by Gasteiger charge is 2.26. The Morgan fingerprint density at radius 1 is 1.06 bits per heavy atom. The molecule has 0 saturated heterocycles. The number of aryl methyl sites for hydroxylation is 3. The quantitative estimate of drug-likeness (QED) is 0.267. The Bertz CT molecular complexity index is 1180. The molecular formula is C24H24N2O5S. The van der Waals surface area contributed by atoms with Gasteiger partial charge in [0.05, 0.1) is 11.5 Å². The van der Waals surface area contributed by atoms with Crippen LogP contribution < -0.4 is 5.32 Å². The summed E-state index contributed by atoms with van der Waals surface area (Å²) >= 11 is 1.30. The summed E-state index contributed by atoms with van der Waals surface area (Å²) < 4.78 is 5.42. The second-order valence-electron chi connectivity index (χ2n) is 7.43. The number of amides is 1. The van der Waals surface area contributed by atoms with Crippen LogP contribution in [0.2, 0.25) is 0 Å². The van der Waals surface area contributed by atoms with E-state index in [2.05, 4.69) is 5.32 Å². The van der Waals surface area contributed by atoms with Gasteiger partial charge in [-0.3, -0.25) is 14.9 Å². The number of nitro groups is 1. The lowest BCUT2D eigenvalue weighted by atomic mass is 9.97. The third-order valence-corrected chi connectivity index (χ3v) is 6.11. The summed E-state index contributed by atoms with van der Waals surface area (Å²) in [5, 5.41) is 14.0. The molecule has 0 radical (unpaired) electrons. The summed E-state index contributed by atoms with van der Waals surface area (Å²) in [6.07, 6.45) is 0.679. The van der Waals surface area contributed by atoms with Crippen molar-refractivity contribution in [1.29, 1.82) is 0 Å². The zero-order valence-electron chi connectivity index (χ0n) is 18.4. The molecular weight excluding hydrogens is 428 g/mol. The summed E-state index contributed by atoms with van der Waals surface area (Å²) in [6, 6.07) is 11.3. The van der Waals surface area contributed by atoms with Gasteiger partial charge in [-0.1, -0.05) is 25.1 Å². The average molecular weight is 453 g/mol. The monoisotopic (exact) mass is 452 g/mol. The lowest BCUT2D eigenvalue weighted by molar-refractivity contribution is -0.384. The number of hydrogen-bond acceptors (Lipinski definition) is 6. The summed E-state index contributed by atoms with van der Waals surface area (Å²) in [6.45, 7) is 8.11. The predicted molar refractivity (Wildman–Crippen MR) is 126 cm³/mol. The van der Waals surface area contributed by atoms with E-state index in [1.807, 2.05) is 45.9 Å². The van der Waals surface area contributed by atoms with Crippen molar-refractivity contribution in [2.24, 2.45) is 0 Å². The number of hydrogen-bond donors (Lipinski definition) is 1. The molecule has 0 unspecified atom stereocenters. The molecule has 0 aliphatic carbocycles. The van der Waals surface area contributed by atoms with Gasteiger partial charge in [0.15, 0.2) is 0 Å². The highest BCUT2D eigenvalue weighted by molar-refractivity contribution is 7.17. The SMILES string of the molecule is CCCOC(=O)c1c(NC(=O)c2ccc([N+](=O)[O-])cc2)sc(C)c1-c1ccc(C)c(C)c1. The Balaban J connectivity index is 2.02. The van der Waals surface area contributed by atoms with Gasteiger partial charge in [-0.15, -0.1) is 11.3 Å². The number of carbonyl (C=O) groups excluding carboxylic acids is 2. The maximum absolute atomic E-state index is 13.0. The lowest BCUT2D eigenvalue weighted by Gasteiger charge is -2.11. The maximum Gasteiger partial charge on any atom is 0.341 e. The van der Waals surface area contributed by atoms with Crippen molar-refractivity contribution in [2.75, 3.05) is 11.9 Å². The van der Waals surface area contributed by atoms with E-state index in [-0.39, 0.29) is 17.9 Å². The number of esters is 1. The fraction of sp³-hybridized carbons (Fsp3) is 0.250. The molecule has 8 heteroatoms. The molecule has 7 nitrogen and oxygen atoms in total. The smallest absolute Gasteiger partial charge is 0.341 e. The first-order chi connectivity index (χ1) is 15.2. The molecule has 2 aromatic carbocycles. The highest BCUT2D eigenvalue weighted by atomic mass is 32.1. The van der Waals surface area contributed by atoms with Crippen LogP contribution in [0.15, 0.2) is 42.5 Å². The van der Waals surface area contributed by atoms with E-state index in [9.17, 15) is 19.7 Å². The summed E-state index contributed by atoms with van der Waals surface area (Å²) in [5.74, 6) is -0.958. The number of carbonyl (C=O) groups is 2. The number of thiophene rings is 1. The van der Waals surface area contributed by atoms with Crippen LogP contribution in [0.4, 0.5) is 10.7 Å². The van der Waals surface area contributed by atoms with Gasteiger partial charge in [-0.05, 0) is 56.0 Å². The molecule has 3 aromatic rings. The number of non-ortho nitro benzene ring substituents is 1. The van der Waals surface area contributed by atoms with E-state index < -0.39 is 16.8 Å². The van der Waals surface area contributed by atoms with Gasteiger partial charge in [-0.2, -0.15) is 0 Å². The normalized spacial score (nSPS) is 10.6. The van der Waals surface area contributed by atoms with Crippen LogP contribution in [0.25, 0.3) is 11.1 Å². The maximum atomic E-state index is 13.0. The lowest BCUT2D eigenvalue weighted by Crippen LogP contribution is -2.15. The largest absolute Gasteiger partial charge is 0.462 e. The van der Waals surface area contributed by atoms with Crippen molar-refractivity contribution in [3.05, 3.63) is 79.7 Å². The molecule has 166 valence electrons. The molecule has 0 atom stereocenters. The van der Waals surface area contributed by atoms with Crippen molar-refractivity contribution in [3.8, 4) is 11.1 Å². The minimum atomic E-state index is -0.526. The molecule has 1 heterocycles. The standard InChI is InChI=1S/C24H24N2O5S/c1-5-12-31-24(28)21-20(18-7-6-14(2)15(3)13-18)16(4)32-23(21)25-22(27)17-8-10-19(11-9-17)26(29)30/h6-11,13H,5,12H2,1-4H3,(H,25,27). The van der Waals surface area contributed by atoms with Crippen LogP contribution >= 0.6 is 11.3 Å². The Morgan fingerprint density at radius 2 is 1.75 bits per heavy atom. The highest BCUT2D eigenvalue weighted by Crippen LogP contribution is 2.41.